The van der Waals surface area contributed by atoms with Crippen molar-refractivity contribution in [2.24, 2.45) is 0 Å². The molecule has 0 bridgehead atoms. The van der Waals surface area contributed by atoms with E-state index in [-0.39, 0.29) is 12.0 Å². The average Bonchev–Trinajstić information content (AvgIpc) is 3.93. The maximum absolute atomic E-state index is 6.68. The van der Waals surface area contributed by atoms with Gasteiger partial charge in [0.15, 0.2) is 0 Å². The fourth-order valence-electron chi connectivity index (χ4n) is 9.86. The van der Waals surface area contributed by atoms with E-state index in [0.717, 1.165) is 39.6 Å². The molecule has 2 aliphatic heterocycles. The molecule has 12 rings (SSSR count). The molecule has 1 aliphatic carbocycles. The van der Waals surface area contributed by atoms with Crippen molar-refractivity contribution in [3.8, 4) is 45.2 Å². The van der Waals surface area contributed by atoms with Gasteiger partial charge in [-0.1, -0.05) is 18.2 Å². The van der Waals surface area contributed by atoms with Gasteiger partial charge in [-0.15, -0.1) is 0 Å². The van der Waals surface area contributed by atoms with Gasteiger partial charge >= 0.3 is 300 Å². The van der Waals surface area contributed by atoms with Crippen molar-refractivity contribution in [2.45, 2.75) is 12.0 Å². The summed E-state index contributed by atoms with van der Waals surface area (Å²) in [6.07, 6.45) is 4.55. The predicted octanol–water partition coefficient (Wildman–Crippen LogP) is 9.36. The van der Waals surface area contributed by atoms with Crippen LogP contribution in [0.2, 0.25) is 0 Å². The molecular weight excluding hydrogens is 755 g/mol. The molecule has 2 aromatic heterocycles. The predicted molar refractivity (Wildman–Crippen MR) is 234 cm³/mol. The molecule has 0 fully saturated rings. The van der Waals surface area contributed by atoms with Crippen LogP contribution in [-0.2, 0) is 0 Å². The van der Waals surface area contributed by atoms with Crippen molar-refractivity contribution in [1.29, 1.82) is 0 Å². The Morgan fingerprint density at radius 2 is 1.21 bits per heavy atom. The van der Waals surface area contributed by atoms with Crippen molar-refractivity contribution in [1.82, 2.24) is 14.5 Å². The van der Waals surface area contributed by atoms with E-state index >= 15 is 0 Å². The fraction of sp³-hybridized carbons (Fsp3) is 0.0385. The van der Waals surface area contributed by atoms with Gasteiger partial charge in [0.2, 0.25) is 0 Å². The number of para-hydroxylation sites is 2. The van der Waals surface area contributed by atoms with Crippen LogP contribution in [0.4, 0.5) is 0 Å². The molecule has 3 aliphatic rings. The minimum atomic E-state index is -3.64. The zero-order chi connectivity index (χ0) is 37.5. The monoisotopic (exact) mass is 791 g/mol. The van der Waals surface area contributed by atoms with Crippen LogP contribution in [0.5, 0.6) is 5.75 Å². The molecular formula is C52H35GeN3O. The Kier molecular flexibility index (Phi) is 7.20. The number of ether oxygens (including phenoxy) is 1. The molecule has 0 N–H and O–H groups in total. The third kappa shape index (κ3) is 4.68. The summed E-state index contributed by atoms with van der Waals surface area (Å²) < 4.78 is 14.4. The second-order valence-corrected chi connectivity index (χ2v) is 22.9. The number of aromatic nitrogens is 3. The van der Waals surface area contributed by atoms with Gasteiger partial charge in [-0.3, -0.25) is 0 Å². The molecule has 57 heavy (non-hydrogen) atoms. The van der Waals surface area contributed by atoms with Crippen molar-refractivity contribution in [3.05, 3.63) is 211 Å². The van der Waals surface area contributed by atoms with Crippen LogP contribution in [0.25, 0.3) is 56.4 Å². The molecule has 268 valence electrons. The number of fused-ring (bicyclic) bond motifs is 10. The molecule has 0 spiro atoms. The van der Waals surface area contributed by atoms with Gasteiger partial charge in [0.05, 0.1) is 0 Å². The van der Waals surface area contributed by atoms with Crippen molar-refractivity contribution in [3.63, 3.8) is 0 Å². The fourth-order valence-corrected chi connectivity index (χ4v) is 20.4. The van der Waals surface area contributed by atoms with Gasteiger partial charge in [0.1, 0.15) is 5.75 Å². The molecule has 7 aromatic carbocycles. The van der Waals surface area contributed by atoms with Gasteiger partial charge < -0.3 is 0 Å². The number of hydrogen-bond acceptors (Lipinski definition) is 3. The molecule has 0 saturated carbocycles. The first-order chi connectivity index (χ1) is 28.3. The zero-order valence-corrected chi connectivity index (χ0v) is 33.1. The Balaban J connectivity index is 1.06. The first-order valence-electron chi connectivity index (χ1n) is 19.7. The molecule has 0 radical (unpaired) electrons. The molecule has 2 atom stereocenters. The summed E-state index contributed by atoms with van der Waals surface area (Å²) in [5, 5.41) is 1.22. The van der Waals surface area contributed by atoms with Gasteiger partial charge in [-0.2, -0.15) is 0 Å². The number of rotatable bonds is 5. The van der Waals surface area contributed by atoms with Crippen LogP contribution >= 0.6 is 0 Å². The second-order valence-electron chi connectivity index (χ2n) is 15.2. The van der Waals surface area contributed by atoms with Crippen molar-refractivity contribution >= 4 is 48.0 Å². The Bertz CT molecular complexity index is 3010. The van der Waals surface area contributed by atoms with E-state index in [1.807, 2.05) is 0 Å². The van der Waals surface area contributed by atoms with E-state index in [1.54, 1.807) is 0 Å². The number of hydrogen-bond donors (Lipinski definition) is 0. The summed E-state index contributed by atoms with van der Waals surface area (Å²) in [5.41, 5.74) is 11.4. The Morgan fingerprint density at radius 3 is 1.98 bits per heavy atom. The molecule has 2 unspecified atom stereocenters. The van der Waals surface area contributed by atoms with Gasteiger partial charge in [0, 0.05) is 5.56 Å². The van der Waals surface area contributed by atoms with Crippen molar-refractivity contribution < 1.29 is 4.74 Å². The van der Waals surface area contributed by atoms with Crippen LogP contribution in [0.3, 0.4) is 0 Å². The van der Waals surface area contributed by atoms with E-state index in [9.17, 15) is 0 Å². The van der Waals surface area contributed by atoms with E-state index in [2.05, 4.69) is 205 Å². The number of nitrogens with zero attached hydrogens (tertiary/aromatic N) is 3. The summed E-state index contributed by atoms with van der Waals surface area (Å²) in [6.45, 7) is 0. The summed E-state index contributed by atoms with van der Waals surface area (Å²) >= 11 is -3.64. The first kappa shape index (κ1) is 32.5. The summed E-state index contributed by atoms with van der Waals surface area (Å²) in [5.74, 6) is 1.92. The van der Waals surface area contributed by atoms with Crippen LogP contribution in [0, 0.1) is 0 Å². The molecule has 9 aromatic rings. The minimum absolute atomic E-state index is 0.0618. The average molecular weight is 790 g/mol. The van der Waals surface area contributed by atoms with Crippen LogP contribution in [0.1, 0.15) is 28.8 Å². The topological polar surface area (TPSA) is 39.9 Å². The Morgan fingerprint density at radius 1 is 0.561 bits per heavy atom. The number of benzene rings is 7. The SMILES string of the molecule is C1=CC2c3ccccc3OC2c2c1n(-c1ccc(-c3nc(-c4ccccc4)c4[c](n3)[Ge]([c]3ccccc3)([c]3ccccc3)[c]3ccccc3-4)cc1)c1ccccc21. The molecule has 0 amide bonds. The molecule has 4 nitrogen and oxygen atoms in total. The van der Waals surface area contributed by atoms with Crippen LogP contribution in [-0.4, -0.2) is 27.8 Å². The third-order valence-corrected chi connectivity index (χ3v) is 22.2. The maximum atomic E-state index is 6.68. The molecule has 0 saturated heterocycles. The van der Waals surface area contributed by atoms with Crippen LogP contribution < -0.4 is 22.5 Å². The zero-order valence-electron chi connectivity index (χ0n) is 31.0. The standard InChI is InChI=1S/C52H35GeN3O/c1-4-16-34(17-5-1)49-48-41-23-10-13-25-43(41)53(36-18-6-2-7-19-36,37-20-8-3-9-21-37)51(48)55-52(54-49)35-28-30-38(31-29-35)56-44-26-14-11-24-42(44)47-45(56)33-32-40-39-22-12-15-27-46(39)57-50(40)47/h1-33,40,50H. The van der Waals surface area contributed by atoms with Crippen LogP contribution in [0.15, 0.2) is 194 Å². The quantitative estimate of drug-likeness (QED) is 0.163. The summed E-state index contributed by atoms with van der Waals surface area (Å²) in [6, 6.07) is 67.9. The molecule has 5 heteroatoms. The van der Waals surface area contributed by atoms with E-state index < -0.39 is 13.3 Å². The molecule has 4 heterocycles. The summed E-state index contributed by atoms with van der Waals surface area (Å²) in [7, 11) is 0. The van der Waals surface area contributed by atoms with Gasteiger partial charge in [0.25, 0.3) is 0 Å². The van der Waals surface area contributed by atoms with Gasteiger partial charge in [-0.25, -0.2) is 0 Å². The van der Waals surface area contributed by atoms with Crippen molar-refractivity contribution in [2.75, 3.05) is 0 Å². The van der Waals surface area contributed by atoms with Gasteiger partial charge in [-0.05, 0) is 6.07 Å². The third-order valence-electron chi connectivity index (χ3n) is 12.3. The Hall–Kier alpha value is -6.76. The van der Waals surface area contributed by atoms with E-state index in [4.69, 9.17) is 14.7 Å². The normalized spacial score (nSPS) is 16.6. The second kappa shape index (κ2) is 12.6. The first-order valence-corrected chi connectivity index (χ1v) is 23.9. The Labute approximate surface area is 333 Å². The summed E-state index contributed by atoms with van der Waals surface area (Å²) in [4.78, 5) is 11.2. The van der Waals surface area contributed by atoms with E-state index in [1.165, 1.54) is 51.0 Å². The van der Waals surface area contributed by atoms with E-state index in [0.29, 0.717) is 0 Å².